The summed E-state index contributed by atoms with van der Waals surface area (Å²) >= 11 is 0. The highest BCUT2D eigenvalue weighted by Crippen LogP contribution is 2.42. The van der Waals surface area contributed by atoms with Gasteiger partial charge in [-0.25, -0.2) is 0 Å². The van der Waals surface area contributed by atoms with Crippen LogP contribution in [0.25, 0.3) is 0 Å². The predicted octanol–water partition coefficient (Wildman–Crippen LogP) is 2.11. The molecule has 5 heteroatoms. The second kappa shape index (κ2) is 5.00. The minimum atomic E-state index is -0.228. The molecule has 0 spiro atoms. The van der Waals surface area contributed by atoms with Crippen molar-refractivity contribution < 1.29 is 4.79 Å². The maximum atomic E-state index is 12.1. The molecule has 1 saturated carbocycles. The zero-order valence-electron chi connectivity index (χ0n) is 11.4. The Kier molecular flexibility index (Phi) is 3.18. The molecule has 0 aliphatic heterocycles. The summed E-state index contributed by atoms with van der Waals surface area (Å²) < 4.78 is 0. The second-order valence-corrected chi connectivity index (χ2v) is 5.28. The van der Waals surface area contributed by atoms with Crippen molar-refractivity contribution in [3.63, 3.8) is 0 Å². The van der Waals surface area contributed by atoms with Gasteiger partial charge < -0.3 is 11.1 Å². The van der Waals surface area contributed by atoms with Crippen LogP contribution in [0.15, 0.2) is 24.3 Å². The summed E-state index contributed by atoms with van der Waals surface area (Å²) in [6, 6.07) is 7.96. The largest absolute Gasteiger partial charge is 0.395 e. The number of nitrogens with two attached hydrogens (primary N) is 1. The number of nitrogens with zero attached hydrogens (tertiary/aromatic N) is 1. The van der Waals surface area contributed by atoms with Gasteiger partial charge in [-0.1, -0.05) is 24.3 Å². The Morgan fingerprint density at radius 1 is 1.45 bits per heavy atom. The van der Waals surface area contributed by atoms with Crippen molar-refractivity contribution in [3.8, 4) is 0 Å². The number of carbonyl (C=O) groups is 1. The topological polar surface area (TPSA) is 83.8 Å². The van der Waals surface area contributed by atoms with Gasteiger partial charge in [0.15, 0.2) is 5.69 Å². The molecular formula is C15H18N4O. The first kappa shape index (κ1) is 12.7. The van der Waals surface area contributed by atoms with E-state index < -0.39 is 0 Å². The lowest BCUT2D eigenvalue weighted by atomic mass is 10.1. The number of hydrogen-bond acceptors (Lipinski definition) is 3. The Morgan fingerprint density at radius 3 is 2.90 bits per heavy atom. The molecule has 20 heavy (non-hydrogen) atoms. The zero-order chi connectivity index (χ0) is 14.1. The molecule has 3 rings (SSSR count). The molecule has 1 aliphatic rings. The number of rotatable bonds is 4. The predicted molar refractivity (Wildman–Crippen MR) is 77.3 cm³/mol. The van der Waals surface area contributed by atoms with E-state index in [1.807, 2.05) is 31.2 Å². The molecule has 1 heterocycles. The molecule has 0 unspecified atom stereocenters. The highest BCUT2D eigenvalue weighted by molar-refractivity contribution is 5.97. The van der Waals surface area contributed by atoms with E-state index in [4.69, 9.17) is 5.73 Å². The van der Waals surface area contributed by atoms with Crippen molar-refractivity contribution in [1.82, 2.24) is 15.5 Å². The number of hydrogen-bond donors (Lipinski definition) is 3. The summed E-state index contributed by atoms with van der Waals surface area (Å²) in [5.74, 6) is 0.231. The van der Waals surface area contributed by atoms with E-state index in [1.54, 1.807) is 0 Å². The minimum absolute atomic E-state index is 0.228. The van der Waals surface area contributed by atoms with Gasteiger partial charge in [-0.2, -0.15) is 5.10 Å². The van der Waals surface area contributed by atoms with Gasteiger partial charge in [0.25, 0.3) is 5.91 Å². The molecule has 0 saturated heterocycles. The van der Waals surface area contributed by atoms with Gasteiger partial charge in [0.2, 0.25) is 0 Å². The number of amides is 1. The Labute approximate surface area is 117 Å². The Balaban J connectivity index is 1.69. The lowest BCUT2D eigenvalue weighted by Crippen LogP contribution is -2.24. The van der Waals surface area contributed by atoms with Crippen LogP contribution in [0.4, 0.5) is 5.69 Å². The molecule has 1 aliphatic carbocycles. The van der Waals surface area contributed by atoms with Crippen molar-refractivity contribution in [3.05, 3.63) is 46.8 Å². The standard InChI is InChI=1S/C15H18N4O/c1-9-4-2-3-5-11(9)8-17-15(20)14-12(16)13(18-19-14)10-6-7-10/h2-5,10H,6-8,16H2,1H3,(H,17,20)(H,18,19). The van der Waals surface area contributed by atoms with Crippen LogP contribution in [0.2, 0.25) is 0 Å². The maximum Gasteiger partial charge on any atom is 0.274 e. The Bertz CT molecular complexity index is 643. The first-order valence-corrected chi connectivity index (χ1v) is 6.83. The summed E-state index contributed by atoms with van der Waals surface area (Å²) in [7, 11) is 0. The quantitative estimate of drug-likeness (QED) is 0.795. The molecule has 1 fully saturated rings. The SMILES string of the molecule is Cc1ccccc1CNC(=O)c1n[nH]c(C2CC2)c1N. The number of carbonyl (C=O) groups excluding carboxylic acids is 1. The number of anilines is 1. The van der Waals surface area contributed by atoms with Gasteiger partial charge in [0, 0.05) is 12.5 Å². The molecule has 104 valence electrons. The highest BCUT2D eigenvalue weighted by atomic mass is 16.1. The molecule has 0 atom stereocenters. The second-order valence-electron chi connectivity index (χ2n) is 5.28. The summed E-state index contributed by atoms with van der Waals surface area (Å²) in [5.41, 5.74) is 9.95. The van der Waals surface area contributed by atoms with Crippen molar-refractivity contribution in [2.24, 2.45) is 0 Å². The summed E-state index contributed by atoms with van der Waals surface area (Å²) in [5, 5.41) is 9.81. The van der Waals surface area contributed by atoms with E-state index in [0.29, 0.717) is 23.8 Å². The van der Waals surface area contributed by atoms with Crippen LogP contribution in [0.1, 0.15) is 46.1 Å². The molecule has 4 N–H and O–H groups in total. The molecule has 5 nitrogen and oxygen atoms in total. The van der Waals surface area contributed by atoms with Crippen LogP contribution in [-0.2, 0) is 6.54 Å². The summed E-state index contributed by atoms with van der Waals surface area (Å²) in [4.78, 5) is 12.1. The fourth-order valence-corrected chi connectivity index (χ4v) is 2.29. The van der Waals surface area contributed by atoms with Crippen LogP contribution < -0.4 is 11.1 Å². The maximum absolute atomic E-state index is 12.1. The Morgan fingerprint density at radius 2 is 2.20 bits per heavy atom. The molecular weight excluding hydrogens is 252 g/mol. The molecule has 1 aromatic heterocycles. The van der Waals surface area contributed by atoms with Gasteiger partial charge in [-0.15, -0.1) is 0 Å². The average Bonchev–Trinajstić information content (AvgIpc) is 3.21. The third kappa shape index (κ3) is 2.39. The fraction of sp³-hybridized carbons (Fsp3) is 0.333. The molecule has 0 bridgehead atoms. The summed E-state index contributed by atoms with van der Waals surface area (Å²) in [6.07, 6.45) is 2.24. The van der Waals surface area contributed by atoms with E-state index >= 15 is 0 Å². The molecule has 1 aromatic carbocycles. The lowest BCUT2D eigenvalue weighted by molar-refractivity contribution is 0.0946. The van der Waals surface area contributed by atoms with E-state index in [1.165, 1.54) is 0 Å². The number of aryl methyl sites for hydroxylation is 1. The normalized spacial score (nSPS) is 14.2. The number of nitrogen functional groups attached to an aromatic ring is 1. The van der Waals surface area contributed by atoms with Crippen molar-refractivity contribution in [2.45, 2.75) is 32.2 Å². The number of benzene rings is 1. The smallest absolute Gasteiger partial charge is 0.274 e. The van der Waals surface area contributed by atoms with Crippen LogP contribution >= 0.6 is 0 Å². The fourth-order valence-electron chi connectivity index (χ4n) is 2.29. The third-order valence-corrected chi connectivity index (χ3v) is 3.73. The van der Waals surface area contributed by atoms with Gasteiger partial charge >= 0.3 is 0 Å². The van der Waals surface area contributed by atoms with Crippen LogP contribution in [0, 0.1) is 6.92 Å². The van der Waals surface area contributed by atoms with Crippen LogP contribution in [0.5, 0.6) is 0 Å². The van der Waals surface area contributed by atoms with E-state index in [-0.39, 0.29) is 5.91 Å². The van der Waals surface area contributed by atoms with Crippen molar-refractivity contribution in [2.75, 3.05) is 5.73 Å². The first-order chi connectivity index (χ1) is 9.66. The van der Waals surface area contributed by atoms with E-state index in [0.717, 1.165) is 29.7 Å². The van der Waals surface area contributed by atoms with Gasteiger partial charge in [-0.3, -0.25) is 9.89 Å². The Hall–Kier alpha value is -2.30. The number of aromatic amines is 1. The first-order valence-electron chi connectivity index (χ1n) is 6.83. The minimum Gasteiger partial charge on any atom is -0.395 e. The van der Waals surface area contributed by atoms with Crippen LogP contribution in [-0.4, -0.2) is 16.1 Å². The van der Waals surface area contributed by atoms with Crippen molar-refractivity contribution >= 4 is 11.6 Å². The molecule has 0 radical (unpaired) electrons. The lowest BCUT2D eigenvalue weighted by Gasteiger charge is -2.07. The van der Waals surface area contributed by atoms with Crippen LogP contribution in [0.3, 0.4) is 0 Å². The zero-order valence-corrected chi connectivity index (χ0v) is 11.4. The monoisotopic (exact) mass is 270 g/mol. The number of H-pyrrole nitrogens is 1. The summed E-state index contributed by atoms with van der Waals surface area (Å²) in [6.45, 7) is 2.51. The van der Waals surface area contributed by atoms with Crippen molar-refractivity contribution in [1.29, 1.82) is 0 Å². The molecule has 2 aromatic rings. The van der Waals surface area contributed by atoms with E-state index in [2.05, 4.69) is 15.5 Å². The number of aromatic nitrogens is 2. The van der Waals surface area contributed by atoms with E-state index in [9.17, 15) is 4.79 Å². The molecule has 1 amide bonds. The third-order valence-electron chi connectivity index (χ3n) is 3.73. The highest BCUT2D eigenvalue weighted by Gasteiger charge is 2.30. The number of nitrogens with one attached hydrogen (secondary N) is 2. The average molecular weight is 270 g/mol. The van der Waals surface area contributed by atoms with Gasteiger partial charge in [0.1, 0.15) is 0 Å². The van der Waals surface area contributed by atoms with Gasteiger partial charge in [0.05, 0.1) is 11.4 Å². The van der Waals surface area contributed by atoms with Gasteiger partial charge in [-0.05, 0) is 30.9 Å².